The summed E-state index contributed by atoms with van der Waals surface area (Å²) in [7, 11) is 1.59. The molecule has 1 aromatic rings. The van der Waals surface area contributed by atoms with Gasteiger partial charge in [-0.3, -0.25) is 0 Å². The maximum Gasteiger partial charge on any atom is 0.338 e. The zero-order valence-electron chi connectivity index (χ0n) is 15.0. The lowest BCUT2D eigenvalue weighted by Crippen LogP contribution is -2.50. The lowest BCUT2D eigenvalue weighted by Gasteiger charge is -2.26. The van der Waals surface area contributed by atoms with Gasteiger partial charge < -0.3 is 24.8 Å². The van der Waals surface area contributed by atoms with Gasteiger partial charge in [0.05, 0.1) is 36.1 Å². The summed E-state index contributed by atoms with van der Waals surface area (Å²) in [6.07, 6.45) is 0. The minimum Gasteiger partial charge on any atom is -0.463 e. The molecule has 0 bridgehead atoms. The normalized spacial score (nSPS) is 16.6. The van der Waals surface area contributed by atoms with E-state index in [2.05, 4.69) is 10.6 Å². The van der Waals surface area contributed by atoms with Crippen molar-refractivity contribution < 1.29 is 28.6 Å². The summed E-state index contributed by atoms with van der Waals surface area (Å²) in [5, 5.41) is 5.08. The maximum atomic E-state index is 12.2. The van der Waals surface area contributed by atoms with E-state index in [4.69, 9.17) is 14.2 Å². The Hall–Kier alpha value is -2.87. The molecule has 1 aliphatic rings. The summed E-state index contributed by atoms with van der Waals surface area (Å²) in [5.74, 6) is -1.13. The number of carbonyl (C=O) groups excluding carboxylic acids is 3. The van der Waals surface area contributed by atoms with Gasteiger partial charge in [0, 0.05) is 7.11 Å². The zero-order valence-corrected chi connectivity index (χ0v) is 15.0. The molecule has 0 aromatic heterocycles. The Morgan fingerprint density at radius 2 is 1.77 bits per heavy atom. The molecule has 0 fully saturated rings. The second-order valence-electron chi connectivity index (χ2n) is 5.64. The number of nitrogens with one attached hydrogen (secondary N) is 2. The predicted octanol–water partition coefficient (Wildman–Crippen LogP) is 1.51. The highest BCUT2D eigenvalue weighted by atomic mass is 16.5. The quantitative estimate of drug-likeness (QED) is 0.713. The Balaban J connectivity index is 2.10. The average Bonchev–Trinajstić information content (AvgIpc) is 2.60. The minimum atomic E-state index is -0.567. The second-order valence-corrected chi connectivity index (χ2v) is 5.64. The van der Waals surface area contributed by atoms with Crippen LogP contribution < -0.4 is 10.6 Å². The molecule has 26 heavy (non-hydrogen) atoms. The lowest BCUT2D eigenvalue weighted by molar-refractivity contribution is -0.139. The molecule has 8 heteroatoms. The molecule has 0 saturated heterocycles. The second kappa shape index (κ2) is 9.00. The van der Waals surface area contributed by atoms with Gasteiger partial charge in [0.2, 0.25) is 0 Å². The lowest BCUT2D eigenvalue weighted by atomic mass is 10.0. The molecular weight excluding hydrogens is 340 g/mol. The molecule has 1 unspecified atom stereocenters. The minimum absolute atomic E-state index is 0.198. The fourth-order valence-corrected chi connectivity index (χ4v) is 2.52. The van der Waals surface area contributed by atoms with Gasteiger partial charge in [0.25, 0.3) is 0 Å². The number of benzene rings is 1. The summed E-state index contributed by atoms with van der Waals surface area (Å²) in [6.45, 7) is 3.74. The largest absolute Gasteiger partial charge is 0.463 e. The first-order valence-corrected chi connectivity index (χ1v) is 8.19. The molecule has 1 atom stereocenters. The number of amides is 2. The van der Waals surface area contributed by atoms with E-state index < -0.39 is 24.0 Å². The summed E-state index contributed by atoms with van der Waals surface area (Å²) in [5.41, 5.74) is 1.73. The summed E-state index contributed by atoms with van der Waals surface area (Å²) < 4.78 is 15.3. The van der Waals surface area contributed by atoms with Gasteiger partial charge >= 0.3 is 18.0 Å². The molecule has 0 saturated carbocycles. The first-order chi connectivity index (χ1) is 12.5. The van der Waals surface area contributed by atoms with Crippen molar-refractivity contribution in [1.82, 2.24) is 10.6 Å². The van der Waals surface area contributed by atoms with Gasteiger partial charge in [-0.2, -0.15) is 0 Å². The highest BCUT2D eigenvalue weighted by molar-refractivity contribution is 5.95. The summed E-state index contributed by atoms with van der Waals surface area (Å²) in [6, 6.07) is 5.75. The molecule has 0 aliphatic carbocycles. The van der Waals surface area contributed by atoms with Gasteiger partial charge in [-0.1, -0.05) is 12.1 Å². The Morgan fingerprint density at radius 1 is 1.08 bits per heavy atom. The molecular formula is C18H22N2O6. The van der Waals surface area contributed by atoms with Crippen LogP contribution in [-0.4, -0.2) is 44.3 Å². The van der Waals surface area contributed by atoms with Crippen LogP contribution in [0.3, 0.4) is 0 Å². The Kier molecular flexibility index (Phi) is 6.74. The number of esters is 2. The average molecular weight is 362 g/mol. The van der Waals surface area contributed by atoms with Crippen LogP contribution in [0.5, 0.6) is 0 Å². The van der Waals surface area contributed by atoms with E-state index in [0.717, 1.165) is 5.56 Å². The number of hydrogen-bond acceptors (Lipinski definition) is 6. The third-order valence-electron chi connectivity index (χ3n) is 3.71. The fraction of sp³-hybridized carbons (Fsp3) is 0.389. The van der Waals surface area contributed by atoms with Crippen LogP contribution in [0.2, 0.25) is 0 Å². The van der Waals surface area contributed by atoms with Crippen molar-refractivity contribution in [3.05, 3.63) is 46.7 Å². The van der Waals surface area contributed by atoms with Gasteiger partial charge in [0.1, 0.15) is 6.61 Å². The highest BCUT2D eigenvalue weighted by Crippen LogP contribution is 2.15. The number of rotatable bonds is 7. The van der Waals surface area contributed by atoms with Gasteiger partial charge in [0.15, 0.2) is 0 Å². The van der Waals surface area contributed by atoms with Crippen LogP contribution in [0.25, 0.3) is 0 Å². The number of ether oxygens (including phenoxy) is 3. The SMILES string of the molecule is CCOC(=O)C1=C(COC(=O)c2ccc(COC)cc2)NC(=O)NC1C. The fourth-order valence-electron chi connectivity index (χ4n) is 2.52. The van der Waals surface area contributed by atoms with E-state index in [0.29, 0.717) is 12.2 Å². The predicted molar refractivity (Wildman–Crippen MR) is 92.2 cm³/mol. The molecule has 2 rings (SSSR count). The van der Waals surface area contributed by atoms with Crippen molar-refractivity contribution >= 4 is 18.0 Å². The Morgan fingerprint density at radius 3 is 2.38 bits per heavy atom. The van der Waals surface area contributed by atoms with E-state index in [1.807, 2.05) is 0 Å². The van der Waals surface area contributed by atoms with Crippen molar-refractivity contribution in [3.63, 3.8) is 0 Å². The van der Waals surface area contributed by atoms with E-state index in [9.17, 15) is 14.4 Å². The smallest absolute Gasteiger partial charge is 0.338 e. The van der Waals surface area contributed by atoms with Crippen molar-refractivity contribution in [2.75, 3.05) is 20.3 Å². The summed E-state index contributed by atoms with van der Waals surface area (Å²) in [4.78, 5) is 36.0. The topological polar surface area (TPSA) is 103 Å². The third kappa shape index (κ3) is 4.82. The first kappa shape index (κ1) is 19.5. The molecule has 1 aliphatic heterocycles. The van der Waals surface area contributed by atoms with Crippen LogP contribution in [0.1, 0.15) is 29.8 Å². The highest BCUT2D eigenvalue weighted by Gasteiger charge is 2.30. The van der Waals surface area contributed by atoms with E-state index in [1.54, 1.807) is 45.2 Å². The van der Waals surface area contributed by atoms with Crippen molar-refractivity contribution in [3.8, 4) is 0 Å². The van der Waals surface area contributed by atoms with Crippen LogP contribution in [0, 0.1) is 0 Å². The number of urea groups is 1. The van der Waals surface area contributed by atoms with Crippen molar-refractivity contribution in [2.45, 2.75) is 26.5 Å². The van der Waals surface area contributed by atoms with Crippen LogP contribution in [0.15, 0.2) is 35.5 Å². The molecule has 140 valence electrons. The maximum absolute atomic E-state index is 12.2. The molecule has 0 radical (unpaired) electrons. The number of methoxy groups -OCH3 is 1. The molecule has 1 aromatic carbocycles. The zero-order chi connectivity index (χ0) is 19.1. The molecule has 1 heterocycles. The Bertz CT molecular complexity index is 711. The van der Waals surface area contributed by atoms with E-state index >= 15 is 0 Å². The van der Waals surface area contributed by atoms with Crippen LogP contribution in [0.4, 0.5) is 4.79 Å². The van der Waals surface area contributed by atoms with Crippen LogP contribution in [-0.2, 0) is 25.6 Å². The standard InChI is InChI=1S/C18H22N2O6/c1-4-25-17(22)15-11(2)19-18(23)20-14(15)10-26-16(21)13-7-5-12(6-8-13)9-24-3/h5-8,11H,4,9-10H2,1-3H3,(H2,19,20,23). The van der Waals surface area contributed by atoms with E-state index in [1.165, 1.54) is 0 Å². The monoisotopic (exact) mass is 362 g/mol. The van der Waals surface area contributed by atoms with Crippen molar-refractivity contribution in [2.24, 2.45) is 0 Å². The first-order valence-electron chi connectivity index (χ1n) is 8.19. The van der Waals surface area contributed by atoms with Gasteiger partial charge in [-0.25, -0.2) is 14.4 Å². The van der Waals surface area contributed by atoms with Crippen LogP contribution >= 0.6 is 0 Å². The third-order valence-corrected chi connectivity index (χ3v) is 3.71. The number of hydrogen-bond donors (Lipinski definition) is 2. The summed E-state index contributed by atoms with van der Waals surface area (Å²) >= 11 is 0. The van der Waals surface area contributed by atoms with E-state index in [-0.39, 0.29) is 24.5 Å². The van der Waals surface area contributed by atoms with Crippen molar-refractivity contribution in [1.29, 1.82) is 0 Å². The molecule has 2 N–H and O–H groups in total. The Labute approximate surface area is 151 Å². The van der Waals surface area contributed by atoms with Gasteiger partial charge in [-0.05, 0) is 31.5 Å². The molecule has 0 spiro atoms. The molecule has 8 nitrogen and oxygen atoms in total. The van der Waals surface area contributed by atoms with Gasteiger partial charge in [-0.15, -0.1) is 0 Å². The molecule has 2 amide bonds. The number of carbonyl (C=O) groups is 3.